The molecule has 6 rings (SSSR count). The van der Waals surface area contributed by atoms with Crippen molar-refractivity contribution in [2.45, 2.75) is 49.5 Å². The van der Waals surface area contributed by atoms with Crippen molar-refractivity contribution < 1.29 is 33.8 Å². The Hall–Kier alpha value is -3.99. The lowest BCUT2D eigenvalue weighted by molar-refractivity contribution is -0.146. The predicted octanol–water partition coefficient (Wildman–Crippen LogP) is 3.35. The third kappa shape index (κ3) is 5.90. The molecular formula is C34H36ClN3O7. The molecule has 1 spiro atoms. The molecule has 0 bridgehead atoms. The lowest BCUT2D eigenvalue weighted by atomic mass is 9.77. The normalized spacial score (nSPS) is 30.8. The largest absolute Gasteiger partial charge is 0.463 e. The molecule has 0 saturated carbocycles. The molecule has 2 saturated heterocycles. The Morgan fingerprint density at radius 3 is 2.51 bits per heavy atom. The average Bonchev–Trinajstić information content (AvgIpc) is 3.42. The number of benzene rings is 2. The minimum Gasteiger partial charge on any atom is -0.463 e. The lowest BCUT2D eigenvalue weighted by Gasteiger charge is -2.35. The van der Waals surface area contributed by atoms with Crippen LogP contribution in [0.5, 0.6) is 0 Å². The SMILES string of the molecule is O=C1CC/C=C\[C@@H]2O[C@@]34C=CCN(c5ccc(Cl)cc5)C(=O)[C@@H]3N(CCCCO)C(=O)[C@H]4[C@@H]2C(=O)N[C@@H](c2ccccc2)CO1. The fourth-order valence-electron chi connectivity index (χ4n) is 6.92. The van der Waals surface area contributed by atoms with Gasteiger partial charge < -0.3 is 29.7 Å². The third-order valence-corrected chi connectivity index (χ3v) is 9.26. The van der Waals surface area contributed by atoms with Gasteiger partial charge in [0.25, 0.3) is 5.91 Å². The van der Waals surface area contributed by atoms with E-state index in [0.29, 0.717) is 30.0 Å². The molecule has 2 aromatic carbocycles. The topological polar surface area (TPSA) is 125 Å². The van der Waals surface area contributed by atoms with Crippen LogP contribution < -0.4 is 10.2 Å². The fraction of sp³-hybridized carbons (Fsp3) is 0.412. The molecule has 2 N–H and O–H groups in total. The van der Waals surface area contributed by atoms with Crippen LogP contribution in [0.15, 0.2) is 78.9 Å². The first-order chi connectivity index (χ1) is 21.8. The summed E-state index contributed by atoms with van der Waals surface area (Å²) in [6.45, 7) is 0.341. The van der Waals surface area contributed by atoms with Gasteiger partial charge >= 0.3 is 5.97 Å². The second kappa shape index (κ2) is 13.2. The first kappa shape index (κ1) is 31.0. The van der Waals surface area contributed by atoms with Crippen LogP contribution in [0.3, 0.4) is 0 Å². The van der Waals surface area contributed by atoms with E-state index in [2.05, 4.69) is 5.32 Å². The van der Waals surface area contributed by atoms with Gasteiger partial charge in [0.1, 0.15) is 18.2 Å². The van der Waals surface area contributed by atoms with E-state index in [9.17, 15) is 24.3 Å². The summed E-state index contributed by atoms with van der Waals surface area (Å²) >= 11 is 6.12. The number of fused-ring (bicyclic) bond motifs is 2. The van der Waals surface area contributed by atoms with Gasteiger partial charge in [-0.15, -0.1) is 0 Å². The monoisotopic (exact) mass is 633 g/mol. The van der Waals surface area contributed by atoms with Gasteiger partial charge in [-0.2, -0.15) is 0 Å². The number of hydrogen-bond acceptors (Lipinski definition) is 7. The van der Waals surface area contributed by atoms with Gasteiger partial charge in [-0.05, 0) is 49.1 Å². The summed E-state index contributed by atoms with van der Waals surface area (Å²) in [6, 6.07) is 14.4. The van der Waals surface area contributed by atoms with Crippen LogP contribution in [0, 0.1) is 11.8 Å². The Balaban J connectivity index is 1.41. The Morgan fingerprint density at radius 1 is 0.978 bits per heavy atom. The average molecular weight is 634 g/mol. The van der Waals surface area contributed by atoms with Crippen LogP contribution in [0.1, 0.15) is 37.3 Å². The zero-order valence-electron chi connectivity index (χ0n) is 24.7. The van der Waals surface area contributed by atoms with Crippen molar-refractivity contribution in [3.63, 3.8) is 0 Å². The van der Waals surface area contributed by atoms with Gasteiger partial charge in [-0.3, -0.25) is 19.2 Å². The van der Waals surface area contributed by atoms with E-state index in [4.69, 9.17) is 21.1 Å². The van der Waals surface area contributed by atoms with E-state index in [0.717, 1.165) is 5.56 Å². The predicted molar refractivity (Wildman–Crippen MR) is 166 cm³/mol. The quantitative estimate of drug-likeness (QED) is 0.284. The van der Waals surface area contributed by atoms with Crippen molar-refractivity contribution in [2.75, 3.05) is 31.2 Å². The maximum atomic E-state index is 14.5. The number of ether oxygens (including phenoxy) is 2. The van der Waals surface area contributed by atoms with Crippen molar-refractivity contribution in [3.05, 3.63) is 89.5 Å². The van der Waals surface area contributed by atoms with Crippen LogP contribution >= 0.6 is 11.6 Å². The number of aliphatic hydroxyl groups is 1. The number of allylic oxidation sites excluding steroid dienone is 1. The van der Waals surface area contributed by atoms with Crippen molar-refractivity contribution >= 4 is 41.0 Å². The maximum Gasteiger partial charge on any atom is 0.306 e. The Bertz CT molecular complexity index is 1500. The van der Waals surface area contributed by atoms with Crippen molar-refractivity contribution in [2.24, 2.45) is 11.8 Å². The molecule has 6 atom stereocenters. The molecule has 4 aliphatic heterocycles. The van der Waals surface area contributed by atoms with Crippen LogP contribution in [0.4, 0.5) is 5.69 Å². The molecule has 3 amide bonds. The Morgan fingerprint density at radius 2 is 1.76 bits per heavy atom. The van der Waals surface area contributed by atoms with Crippen LogP contribution in [-0.2, 0) is 28.7 Å². The lowest BCUT2D eigenvalue weighted by Crippen LogP contribution is -2.55. The highest BCUT2D eigenvalue weighted by Gasteiger charge is 2.71. The molecule has 45 heavy (non-hydrogen) atoms. The summed E-state index contributed by atoms with van der Waals surface area (Å²) in [5.74, 6) is -3.44. The smallest absolute Gasteiger partial charge is 0.306 e. The highest BCUT2D eigenvalue weighted by atomic mass is 35.5. The first-order valence-corrected chi connectivity index (χ1v) is 15.7. The van der Waals surface area contributed by atoms with Gasteiger partial charge in [0.2, 0.25) is 11.8 Å². The van der Waals surface area contributed by atoms with Gasteiger partial charge in [-0.1, -0.05) is 66.2 Å². The van der Waals surface area contributed by atoms with E-state index in [1.54, 1.807) is 47.4 Å². The number of nitrogens with one attached hydrogen (secondary N) is 1. The molecule has 10 nitrogen and oxygen atoms in total. The second-order valence-corrected chi connectivity index (χ2v) is 12.2. The number of aliphatic hydroxyl groups excluding tert-OH is 1. The van der Waals surface area contributed by atoms with Gasteiger partial charge in [-0.25, -0.2) is 0 Å². The zero-order chi connectivity index (χ0) is 31.6. The fourth-order valence-corrected chi connectivity index (χ4v) is 7.05. The highest BCUT2D eigenvalue weighted by molar-refractivity contribution is 6.30. The number of rotatable bonds is 6. The van der Waals surface area contributed by atoms with Crippen molar-refractivity contribution in [1.29, 1.82) is 0 Å². The van der Waals surface area contributed by atoms with E-state index >= 15 is 0 Å². The van der Waals surface area contributed by atoms with E-state index in [1.165, 1.54) is 4.90 Å². The van der Waals surface area contributed by atoms with Crippen molar-refractivity contribution in [3.8, 4) is 0 Å². The molecule has 11 heteroatoms. The van der Waals surface area contributed by atoms with Crippen LogP contribution in [0.25, 0.3) is 0 Å². The first-order valence-electron chi connectivity index (χ1n) is 15.4. The molecular weight excluding hydrogens is 598 g/mol. The molecule has 0 unspecified atom stereocenters. The standard InChI is InChI=1S/C34H36ClN3O7/c35-23-13-15-24(16-14-23)37-19-8-17-34-29(32(42)38(18-6-7-20-39)30(34)33(37)43)28-26(45-34)11-4-5-12-27(40)44-21-25(36-31(28)41)22-9-2-1-3-10-22/h1-4,8-11,13-17,25-26,28-30,39H,5-7,12,18-21H2,(H,36,41)/b11-4-/t25-,26+,28-,29-,30+,34-/m1/s1. The maximum absolute atomic E-state index is 14.5. The number of nitrogens with zero attached hydrogens (tertiary/aromatic N) is 2. The van der Waals surface area contributed by atoms with E-state index in [-0.39, 0.29) is 50.5 Å². The molecule has 2 fully saturated rings. The summed E-state index contributed by atoms with van der Waals surface area (Å²) in [7, 11) is 0. The number of unbranched alkanes of at least 4 members (excludes halogenated alkanes) is 1. The zero-order valence-corrected chi connectivity index (χ0v) is 25.5. The number of anilines is 1. The van der Waals surface area contributed by atoms with E-state index < -0.39 is 41.5 Å². The molecule has 0 aliphatic carbocycles. The summed E-state index contributed by atoms with van der Waals surface area (Å²) < 4.78 is 12.3. The minimum atomic E-state index is -1.42. The summed E-state index contributed by atoms with van der Waals surface area (Å²) in [5, 5.41) is 13.0. The molecule has 4 aliphatic rings. The number of halogens is 1. The van der Waals surface area contributed by atoms with Crippen LogP contribution in [0.2, 0.25) is 5.02 Å². The Kier molecular flexibility index (Phi) is 9.07. The molecule has 0 aromatic heterocycles. The van der Waals surface area contributed by atoms with Gasteiger partial charge in [0.15, 0.2) is 0 Å². The number of hydrogen-bond donors (Lipinski definition) is 2. The van der Waals surface area contributed by atoms with Gasteiger partial charge in [0.05, 0.1) is 24.0 Å². The number of amides is 3. The van der Waals surface area contributed by atoms with Crippen LogP contribution in [-0.4, -0.2) is 77.7 Å². The molecule has 0 radical (unpaired) electrons. The highest BCUT2D eigenvalue weighted by Crippen LogP contribution is 2.53. The Labute approximate surface area is 266 Å². The summed E-state index contributed by atoms with van der Waals surface area (Å²) in [6.07, 6.45) is 7.70. The minimum absolute atomic E-state index is 0.0497. The number of likely N-dealkylation sites (tertiary alicyclic amines) is 1. The molecule has 4 heterocycles. The number of carbonyl (C=O) groups excluding carboxylic acids is 4. The van der Waals surface area contributed by atoms with Gasteiger partial charge in [0, 0.05) is 36.8 Å². The number of carbonyl (C=O) groups is 4. The molecule has 2 aromatic rings. The number of esters is 1. The third-order valence-electron chi connectivity index (χ3n) is 9.01. The molecule has 236 valence electrons. The second-order valence-electron chi connectivity index (χ2n) is 11.8. The summed E-state index contributed by atoms with van der Waals surface area (Å²) in [5.41, 5.74) is -0.0454. The van der Waals surface area contributed by atoms with Crippen molar-refractivity contribution in [1.82, 2.24) is 10.2 Å². The van der Waals surface area contributed by atoms with E-state index in [1.807, 2.05) is 36.4 Å². The summed E-state index contributed by atoms with van der Waals surface area (Å²) in [4.78, 5) is 58.8. The number of cyclic esters (lactones) is 1.